The molecule has 2 heterocycles. The van der Waals surface area contributed by atoms with Crippen molar-refractivity contribution in [3.8, 4) is 17.2 Å². The predicted molar refractivity (Wildman–Crippen MR) is 113 cm³/mol. The molecule has 0 bridgehead atoms. The second kappa shape index (κ2) is 8.71. The smallest absolute Gasteiger partial charge is 0.327 e. The number of urea groups is 1. The summed E-state index contributed by atoms with van der Waals surface area (Å²) in [5.41, 5.74) is 0.225. The average molecular weight is 420 g/mol. The van der Waals surface area contributed by atoms with E-state index in [1.165, 1.54) is 4.90 Å². The van der Waals surface area contributed by atoms with E-state index in [4.69, 9.17) is 14.2 Å². The highest BCUT2D eigenvalue weighted by molar-refractivity contribution is 6.06. The normalized spacial score (nSPS) is 19.2. The number of ether oxygens (including phenoxy) is 3. The molecule has 2 saturated heterocycles. The molecule has 2 aliphatic rings. The van der Waals surface area contributed by atoms with E-state index in [-0.39, 0.29) is 11.9 Å². The van der Waals surface area contributed by atoms with Crippen LogP contribution in [0, 0.1) is 5.92 Å². The number of likely N-dealkylation sites (tertiary alicyclic amines) is 1. The van der Waals surface area contributed by atoms with Gasteiger partial charge in [0.1, 0.15) is 22.8 Å². The van der Waals surface area contributed by atoms with Crippen LogP contribution >= 0.6 is 0 Å². The molecule has 0 atom stereocenters. The summed E-state index contributed by atoms with van der Waals surface area (Å²) in [4.78, 5) is 31.1. The van der Waals surface area contributed by atoms with Crippen LogP contribution in [-0.4, -0.2) is 80.2 Å². The lowest BCUT2D eigenvalue weighted by atomic mass is 9.85. The van der Waals surface area contributed by atoms with Crippen molar-refractivity contribution in [1.82, 2.24) is 14.7 Å². The molecule has 1 aromatic carbocycles. The summed E-state index contributed by atoms with van der Waals surface area (Å²) in [6.45, 7) is 6.78. The van der Waals surface area contributed by atoms with E-state index in [2.05, 4.69) is 18.7 Å². The molecule has 1 aromatic rings. The van der Waals surface area contributed by atoms with Gasteiger partial charge in [-0.1, -0.05) is 13.8 Å². The van der Waals surface area contributed by atoms with Crippen molar-refractivity contribution in [2.45, 2.75) is 38.8 Å². The largest absolute Gasteiger partial charge is 0.496 e. The summed E-state index contributed by atoms with van der Waals surface area (Å²) in [6, 6.07) is 3.52. The first-order chi connectivity index (χ1) is 14.3. The Morgan fingerprint density at radius 3 is 2.03 bits per heavy atom. The van der Waals surface area contributed by atoms with Gasteiger partial charge in [-0.05, 0) is 18.8 Å². The summed E-state index contributed by atoms with van der Waals surface area (Å²) in [5.74, 6) is 2.32. The fraction of sp³-hybridized carbons (Fsp3) is 0.636. The molecule has 8 nitrogen and oxygen atoms in total. The van der Waals surface area contributed by atoms with Crippen LogP contribution in [0.1, 0.15) is 32.3 Å². The molecule has 2 aliphatic heterocycles. The maximum atomic E-state index is 13.0. The average Bonchev–Trinajstić information content (AvgIpc) is 2.91. The van der Waals surface area contributed by atoms with Gasteiger partial charge in [-0.2, -0.15) is 0 Å². The van der Waals surface area contributed by atoms with Crippen LogP contribution in [0.5, 0.6) is 17.2 Å². The maximum absolute atomic E-state index is 13.0. The van der Waals surface area contributed by atoms with Gasteiger partial charge >= 0.3 is 6.03 Å². The zero-order valence-corrected chi connectivity index (χ0v) is 18.9. The minimum atomic E-state index is -0.722. The number of carbonyl (C=O) groups excluding carboxylic acids is 2. The third-order valence-corrected chi connectivity index (χ3v) is 6.17. The van der Waals surface area contributed by atoms with E-state index in [1.807, 2.05) is 12.1 Å². The first-order valence-electron chi connectivity index (χ1n) is 10.4. The van der Waals surface area contributed by atoms with Gasteiger partial charge in [0.05, 0.1) is 26.9 Å². The third-order valence-electron chi connectivity index (χ3n) is 6.17. The van der Waals surface area contributed by atoms with Crippen molar-refractivity contribution in [3.05, 3.63) is 17.7 Å². The predicted octanol–water partition coefficient (Wildman–Crippen LogP) is 2.60. The molecule has 0 aromatic heterocycles. The highest BCUT2D eigenvalue weighted by atomic mass is 16.5. The van der Waals surface area contributed by atoms with Crippen molar-refractivity contribution < 1.29 is 23.8 Å². The minimum Gasteiger partial charge on any atom is -0.496 e. The van der Waals surface area contributed by atoms with Crippen molar-refractivity contribution >= 4 is 11.9 Å². The lowest BCUT2D eigenvalue weighted by molar-refractivity contribution is -0.135. The van der Waals surface area contributed by atoms with Gasteiger partial charge in [-0.3, -0.25) is 14.6 Å². The zero-order valence-electron chi connectivity index (χ0n) is 18.9. The summed E-state index contributed by atoms with van der Waals surface area (Å²) < 4.78 is 16.5. The molecule has 8 heteroatoms. The maximum Gasteiger partial charge on any atom is 0.327 e. The van der Waals surface area contributed by atoms with Crippen LogP contribution in [0.3, 0.4) is 0 Å². The number of carbonyl (C=O) groups is 2. The Morgan fingerprint density at radius 1 is 1.00 bits per heavy atom. The minimum absolute atomic E-state index is 0.0765. The summed E-state index contributed by atoms with van der Waals surface area (Å²) in [5, 5.41) is 0. The number of hydrogen-bond donors (Lipinski definition) is 0. The van der Waals surface area contributed by atoms with Gasteiger partial charge in [0.25, 0.3) is 5.91 Å². The number of nitrogens with zero attached hydrogens (tertiary/aromatic N) is 3. The summed E-state index contributed by atoms with van der Waals surface area (Å²) in [6.07, 6.45) is 1.24. The first kappa shape index (κ1) is 22.2. The Kier molecular flexibility index (Phi) is 6.45. The Labute approximate surface area is 178 Å². The fourth-order valence-corrected chi connectivity index (χ4v) is 4.52. The van der Waals surface area contributed by atoms with Gasteiger partial charge in [-0.15, -0.1) is 0 Å². The molecule has 0 unspecified atom stereocenters. The molecule has 0 N–H and O–H groups in total. The van der Waals surface area contributed by atoms with Crippen LogP contribution in [0.25, 0.3) is 0 Å². The lowest BCUT2D eigenvalue weighted by Gasteiger charge is -2.43. The van der Waals surface area contributed by atoms with E-state index in [9.17, 15) is 9.59 Å². The molecule has 0 aliphatic carbocycles. The highest BCUT2D eigenvalue weighted by Crippen LogP contribution is 2.39. The molecular weight excluding hydrogens is 386 g/mol. The van der Waals surface area contributed by atoms with Crippen molar-refractivity contribution in [2.75, 3.05) is 48.0 Å². The molecule has 0 radical (unpaired) electrons. The number of benzene rings is 1. The van der Waals surface area contributed by atoms with E-state index in [0.29, 0.717) is 62.2 Å². The van der Waals surface area contributed by atoms with Crippen LogP contribution in [0.15, 0.2) is 12.1 Å². The Hall–Kier alpha value is -2.48. The number of likely N-dealkylation sites (N-methyl/N-ethyl adjacent to an activating group) is 1. The molecular formula is C22H33N3O5. The number of imide groups is 1. The number of rotatable bonds is 7. The van der Waals surface area contributed by atoms with E-state index >= 15 is 0 Å². The number of hydrogen-bond acceptors (Lipinski definition) is 6. The van der Waals surface area contributed by atoms with Crippen LogP contribution in [0.2, 0.25) is 0 Å². The Bertz CT molecular complexity index is 777. The second-order valence-corrected chi connectivity index (χ2v) is 8.47. The van der Waals surface area contributed by atoms with Gasteiger partial charge in [0, 0.05) is 45.4 Å². The molecule has 166 valence electrons. The van der Waals surface area contributed by atoms with E-state index in [1.54, 1.807) is 33.3 Å². The fourth-order valence-electron chi connectivity index (χ4n) is 4.52. The van der Waals surface area contributed by atoms with Crippen molar-refractivity contribution in [2.24, 2.45) is 5.92 Å². The lowest BCUT2D eigenvalue weighted by Crippen LogP contribution is -2.57. The van der Waals surface area contributed by atoms with E-state index < -0.39 is 5.54 Å². The standard InChI is InChI=1S/C22H33N3O5/c1-15(2)13-25-21(27)23(3)20(26)22(25)7-9-24(10-8-22)14-17-18(29-5)11-16(28-4)12-19(17)30-6/h11-12,15H,7-10,13-14H2,1-6H3. The molecule has 3 amide bonds. The van der Waals surface area contributed by atoms with Crippen molar-refractivity contribution in [3.63, 3.8) is 0 Å². The van der Waals surface area contributed by atoms with Gasteiger partial charge in [0.2, 0.25) is 0 Å². The van der Waals surface area contributed by atoms with Crippen LogP contribution in [0.4, 0.5) is 4.79 Å². The molecule has 0 saturated carbocycles. The molecule has 1 spiro atoms. The monoisotopic (exact) mass is 419 g/mol. The van der Waals surface area contributed by atoms with Gasteiger partial charge in [0.15, 0.2) is 0 Å². The topological polar surface area (TPSA) is 71.6 Å². The number of piperidine rings is 1. The van der Waals surface area contributed by atoms with Gasteiger partial charge < -0.3 is 19.1 Å². The highest BCUT2D eigenvalue weighted by Gasteiger charge is 2.56. The number of amides is 3. The van der Waals surface area contributed by atoms with Gasteiger partial charge in [-0.25, -0.2) is 4.79 Å². The van der Waals surface area contributed by atoms with Crippen LogP contribution < -0.4 is 14.2 Å². The van der Waals surface area contributed by atoms with E-state index in [0.717, 1.165) is 5.56 Å². The van der Waals surface area contributed by atoms with Crippen molar-refractivity contribution in [1.29, 1.82) is 0 Å². The second-order valence-electron chi connectivity index (χ2n) is 8.47. The quantitative estimate of drug-likeness (QED) is 0.633. The summed E-state index contributed by atoms with van der Waals surface area (Å²) >= 11 is 0. The summed E-state index contributed by atoms with van der Waals surface area (Å²) in [7, 11) is 6.46. The first-order valence-corrected chi connectivity index (χ1v) is 10.4. The Balaban J connectivity index is 1.79. The van der Waals surface area contributed by atoms with Crippen LogP contribution in [-0.2, 0) is 11.3 Å². The Morgan fingerprint density at radius 2 is 1.57 bits per heavy atom. The number of methoxy groups -OCH3 is 3. The zero-order chi connectivity index (χ0) is 22.1. The third kappa shape index (κ3) is 3.80. The SMILES string of the molecule is COc1cc(OC)c(CN2CCC3(CC2)C(=O)N(C)C(=O)N3CC(C)C)c(OC)c1. The molecule has 2 fully saturated rings. The molecule has 3 rings (SSSR count). The molecule has 30 heavy (non-hydrogen) atoms.